The average molecular weight is 251 g/mol. The van der Waals surface area contributed by atoms with Crippen LogP contribution in [0.5, 0.6) is 0 Å². The van der Waals surface area contributed by atoms with Gasteiger partial charge in [0.15, 0.2) is 0 Å². The lowest BCUT2D eigenvalue weighted by atomic mass is 10.2. The van der Waals surface area contributed by atoms with Crippen molar-refractivity contribution < 1.29 is 4.79 Å². The number of amides is 1. The van der Waals surface area contributed by atoms with Crippen LogP contribution < -0.4 is 11.3 Å². The van der Waals surface area contributed by atoms with E-state index in [1.54, 1.807) is 4.90 Å². The van der Waals surface area contributed by atoms with Gasteiger partial charge >= 0.3 is 0 Å². The minimum atomic E-state index is -0.306. The van der Waals surface area contributed by atoms with Crippen LogP contribution in [0.1, 0.15) is 10.5 Å². The molecule has 1 aliphatic heterocycles. The van der Waals surface area contributed by atoms with E-state index < -0.39 is 0 Å². The largest absolute Gasteiger partial charge is 0.335 e. The van der Waals surface area contributed by atoms with E-state index in [0.29, 0.717) is 19.6 Å². The van der Waals surface area contributed by atoms with Crippen LogP contribution in [0.3, 0.4) is 0 Å². The van der Waals surface area contributed by atoms with E-state index in [1.807, 2.05) is 0 Å². The summed E-state index contributed by atoms with van der Waals surface area (Å²) in [4.78, 5) is 26.9. The molecule has 7 nitrogen and oxygen atoms in total. The summed E-state index contributed by atoms with van der Waals surface area (Å²) >= 11 is 0. The first-order valence-electron chi connectivity index (χ1n) is 5.98. The number of hydrogen-bond donors (Lipinski definition) is 2. The van der Waals surface area contributed by atoms with Crippen molar-refractivity contribution in [2.24, 2.45) is 5.73 Å². The molecule has 1 aliphatic rings. The van der Waals surface area contributed by atoms with Crippen molar-refractivity contribution >= 4 is 5.91 Å². The summed E-state index contributed by atoms with van der Waals surface area (Å²) in [6.07, 6.45) is 0. The van der Waals surface area contributed by atoms with Gasteiger partial charge in [-0.15, -0.1) is 0 Å². The topological polar surface area (TPSA) is 95.3 Å². The SMILES string of the molecule is NCCN1CCN(C(=O)c2ccc(=O)[nH]n2)CC1. The van der Waals surface area contributed by atoms with Gasteiger partial charge in [0.05, 0.1) is 0 Å². The Labute approximate surface area is 105 Å². The monoisotopic (exact) mass is 251 g/mol. The number of nitrogens with one attached hydrogen (secondary N) is 1. The van der Waals surface area contributed by atoms with Gasteiger partial charge in [0.25, 0.3) is 11.5 Å². The molecule has 0 spiro atoms. The van der Waals surface area contributed by atoms with Crippen LogP contribution in [0.25, 0.3) is 0 Å². The number of hydrogen-bond acceptors (Lipinski definition) is 5. The summed E-state index contributed by atoms with van der Waals surface area (Å²) in [6.45, 7) is 4.48. The van der Waals surface area contributed by atoms with Gasteiger partial charge in [-0.25, -0.2) is 5.10 Å². The molecule has 1 amide bonds. The van der Waals surface area contributed by atoms with Crippen molar-refractivity contribution in [1.82, 2.24) is 20.0 Å². The van der Waals surface area contributed by atoms with Crippen LogP contribution in [0.2, 0.25) is 0 Å². The van der Waals surface area contributed by atoms with Crippen LogP contribution >= 0.6 is 0 Å². The Bertz CT molecular complexity index is 444. The van der Waals surface area contributed by atoms with Gasteiger partial charge < -0.3 is 10.6 Å². The molecule has 0 unspecified atom stereocenters. The van der Waals surface area contributed by atoms with E-state index in [9.17, 15) is 9.59 Å². The second-order valence-corrected chi connectivity index (χ2v) is 4.23. The first kappa shape index (κ1) is 12.7. The first-order valence-corrected chi connectivity index (χ1v) is 5.98. The average Bonchev–Trinajstić information content (AvgIpc) is 2.40. The molecule has 2 rings (SSSR count). The summed E-state index contributed by atoms with van der Waals surface area (Å²) in [5.74, 6) is -0.140. The molecule has 0 saturated carbocycles. The Balaban J connectivity index is 1.95. The number of aromatic nitrogens is 2. The molecule has 0 aromatic carbocycles. The van der Waals surface area contributed by atoms with Crippen molar-refractivity contribution in [2.75, 3.05) is 39.3 Å². The van der Waals surface area contributed by atoms with Gasteiger partial charge in [-0.05, 0) is 6.07 Å². The Morgan fingerprint density at radius 3 is 2.61 bits per heavy atom. The molecule has 18 heavy (non-hydrogen) atoms. The zero-order valence-corrected chi connectivity index (χ0v) is 10.1. The molecule has 3 N–H and O–H groups in total. The van der Waals surface area contributed by atoms with Gasteiger partial charge in [-0.3, -0.25) is 14.5 Å². The molecule has 2 heterocycles. The maximum atomic E-state index is 12.1. The highest BCUT2D eigenvalue weighted by molar-refractivity contribution is 5.92. The van der Waals surface area contributed by atoms with E-state index in [-0.39, 0.29) is 17.2 Å². The fraction of sp³-hybridized carbons (Fsp3) is 0.545. The van der Waals surface area contributed by atoms with Gasteiger partial charge in [0.2, 0.25) is 0 Å². The van der Waals surface area contributed by atoms with Crippen molar-refractivity contribution in [2.45, 2.75) is 0 Å². The van der Waals surface area contributed by atoms with Crippen molar-refractivity contribution in [3.8, 4) is 0 Å². The van der Waals surface area contributed by atoms with E-state index >= 15 is 0 Å². The summed E-state index contributed by atoms with van der Waals surface area (Å²) < 4.78 is 0. The Hall–Kier alpha value is -1.73. The predicted molar refractivity (Wildman–Crippen MR) is 66.3 cm³/mol. The van der Waals surface area contributed by atoms with Crippen molar-refractivity contribution in [1.29, 1.82) is 0 Å². The van der Waals surface area contributed by atoms with Gasteiger partial charge in [-0.1, -0.05) is 0 Å². The van der Waals surface area contributed by atoms with Crippen molar-refractivity contribution in [3.05, 3.63) is 28.2 Å². The van der Waals surface area contributed by atoms with Gasteiger partial charge in [0.1, 0.15) is 5.69 Å². The molecule has 1 aromatic rings. The second-order valence-electron chi connectivity index (χ2n) is 4.23. The van der Waals surface area contributed by atoms with E-state index in [1.165, 1.54) is 12.1 Å². The third kappa shape index (κ3) is 2.93. The number of carbonyl (C=O) groups is 1. The van der Waals surface area contributed by atoms with Crippen LogP contribution in [0.15, 0.2) is 16.9 Å². The number of nitrogens with two attached hydrogens (primary N) is 1. The Morgan fingerprint density at radius 2 is 2.06 bits per heavy atom. The third-order valence-electron chi connectivity index (χ3n) is 3.00. The fourth-order valence-corrected chi connectivity index (χ4v) is 1.98. The lowest BCUT2D eigenvalue weighted by Gasteiger charge is -2.34. The Kier molecular flexibility index (Phi) is 4.06. The summed E-state index contributed by atoms with van der Waals surface area (Å²) in [5.41, 5.74) is 5.47. The number of H-pyrrole nitrogens is 1. The summed E-state index contributed by atoms with van der Waals surface area (Å²) in [5, 5.41) is 6.02. The molecule has 98 valence electrons. The first-order chi connectivity index (χ1) is 8.70. The Morgan fingerprint density at radius 1 is 1.33 bits per heavy atom. The van der Waals surface area contributed by atoms with E-state index in [2.05, 4.69) is 15.1 Å². The molecule has 1 fully saturated rings. The lowest BCUT2D eigenvalue weighted by molar-refractivity contribution is 0.0634. The zero-order chi connectivity index (χ0) is 13.0. The number of carbonyl (C=O) groups excluding carboxylic acids is 1. The molecular weight excluding hydrogens is 234 g/mol. The quantitative estimate of drug-likeness (QED) is 0.680. The molecule has 0 atom stereocenters. The summed E-state index contributed by atoms with van der Waals surface area (Å²) in [6, 6.07) is 2.76. The standard InChI is InChI=1S/C11H17N5O2/c12-3-4-15-5-7-16(8-6-15)11(18)9-1-2-10(17)14-13-9/h1-2H,3-8,12H2,(H,14,17). The summed E-state index contributed by atoms with van der Waals surface area (Å²) in [7, 11) is 0. The molecular formula is C11H17N5O2. The molecule has 0 radical (unpaired) electrons. The third-order valence-corrected chi connectivity index (χ3v) is 3.00. The maximum Gasteiger partial charge on any atom is 0.274 e. The van der Waals surface area contributed by atoms with Crippen molar-refractivity contribution in [3.63, 3.8) is 0 Å². The molecule has 0 aliphatic carbocycles. The number of nitrogens with zero attached hydrogens (tertiary/aromatic N) is 3. The highest BCUT2D eigenvalue weighted by atomic mass is 16.2. The van der Waals surface area contributed by atoms with Crippen LogP contribution in [-0.4, -0.2) is 65.2 Å². The molecule has 7 heteroatoms. The fourth-order valence-electron chi connectivity index (χ4n) is 1.98. The minimum Gasteiger partial charge on any atom is -0.335 e. The lowest BCUT2D eigenvalue weighted by Crippen LogP contribution is -2.50. The smallest absolute Gasteiger partial charge is 0.274 e. The number of rotatable bonds is 3. The molecule has 0 bridgehead atoms. The normalized spacial score (nSPS) is 16.8. The second kappa shape index (κ2) is 5.74. The van der Waals surface area contributed by atoms with Crippen LogP contribution in [0.4, 0.5) is 0 Å². The minimum absolute atomic E-state index is 0.140. The van der Waals surface area contributed by atoms with E-state index in [4.69, 9.17) is 5.73 Å². The highest BCUT2D eigenvalue weighted by Gasteiger charge is 2.22. The van der Waals surface area contributed by atoms with Crippen LogP contribution in [0, 0.1) is 0 Å². The highest BCUT2D eigenvalue weighted by Crippen LogP contribution is 2.05. The van der Waals surface area contributed by atoms with Gasteiger partial charge in [0, 0.05) is 45.3 Å². The van der Waals surface area contributed by atoms with E-state index in [0.717, 1.165) is 19.6 Å². The number of piperazine rings is 1. The predicted octanol–water partition coefficient (Wildman–Crippen LogP) is -1.51. The zero-order valence-electron chi connectivity index (χ0n) is 10.1. The van der Waals surface area contributed by atoms with Crippen LogP contribution in [-0.2, 0) is 0 Å². The maximum absolute atomic E-state index is 12.1. The molecule has 1 saturated heterocycles. The molecule has 1 aromatic heterocycles. The van der Waals surface area contributed by atoms with Gasteiger partial charge in [-0.2, -0.15) is 5.10 Å². The number of aromatic amines is 1.